The van der Waals surface area contributed by atoms with Crippen molar-refractivity contribution in [2.24, 2.45) is 11.3 Å². The molecule has 180 valence electrons. The summed E-state index contributed by atoms with van der Waals surface area (Å²) in [5, 5.41) is 0. The summed E-state index contributed by atoms with van der Waals surface area (Å²) in [5.41, 5.74) is 2.73. The number of hydrogen-bond acceptors (Lipinski definition) is 8. The number of allylic oxidation sites excluding steroid dienone is 1. The van der Waals surface area contributed by atoms with Crippen LogP contribution >= 0.6 is 0 Å². The van der Waals surface area contributed by atoms with Crippen molar-refractivity contribution >= 4 is 6.29 Å². The monoisotopic (exact) mass is 458 g/mol. The van der Waals surface area contributed by atoms with Crippen LogP contribution in [-0.2, 0) is 28.5 Å². The molecule has 0 spiro atoms. The van der Waals surface area contributed by atoms with Gasteiger partial charge in [0, 0.05) is 37.6 Å². The summed E-state index contributed by atoms with van der Waals surface area (Å²) in [7, 11) is 3.87. The summed E-state index contributed by atoms with van der Waals surface area (Å²) in [5.74, 6) is -0.287. The molecule has 0 aromatic rings. The zero-order chi connectivity index (χ0) is 22.6. The number of fused-ring (bicyclic) bond motifs is 2. The maximum Gasteiger partial charge on any atom is 0.222 e. The average molecular weight is 459 g/mol. The van der Waals surface area contributed by atoms with Crippen LogP contribution in [-0.4, -0.2) is 100 Å². The van der Waals surface area contributed by atoms with Crippen LogP contribution in [0.1, 0.15) is 19.3 Å². The maximum absolute atomic E-state index is 11.9. The van der Waals surface area contributed by atoms with E-state index in [4.69, 9.17) is 23.7 Å². The van der Waals surface area contributed by atoms with E-state index in [1.165, 1.54) is 11.1 Å². The van der Waals surface area contributed by atoms with Gasteiger partial charge in [-0.15, -0.1) is 0 Å². The van der Waals surface area contributed by atoms with E-state index in [1.54, 1.807) is 7.11 Å². The van der Waals surface area contributed by atoms with Crippen LogP contribution in [0.2, 0.25) is 0 Å². The smallest absolute Gasteiger partial charge is 0.222 e. The van der Waals surface area contributed by atoms with Crippen molar-refractivity contribution < 1.29 is 28.5 Å². The second kappa shape index (κ2) is 8.37. The lowest BCUT2D eigenvalue weighted by Crippen LogP contribution is -2.59. The first-order chi connectivity index (χ1) is 16.1. The Balaban J connectivity index is 1.30. The van der Waals surface area contributed by atoms with E-state index < -0.39 is 12.0 Å². The van der Waals surface area contributed by atoms with Crippen molar-refractivity contribution in [2.45, 2.75) is 49.5 Å². The van der Waals surface area contributed by atoms with Crippen LogP contribution in [0.15, 0.2) is 35.5 Å². The highest BCUT2D eigenvalue weighted by Gasteiger charge is 2.67. The van der Waals surface area contributed by atoms with E-state index in [1.807, 2.05) is 0 Å². The number of nitrogens with zero attached hydrogens (tertiary/aromatic N) is 2. The van der Waals surface area contributed by atoms with Crippen LogP contribution < -0.4 is 0 Å². The largest absolute Gasteiger partial charge is 0.379 e. The van der Waals surface area contributed by atoms with Gasteiger partial charge in [0.2, 0.25) is 5.79 Å². The van der Waals surface area contributed by atoms with Gasteiger partial charge in [0.25, 0.3) is 0 Å². The van der Waals surface area contributed by atoms with Crippen molar-refractivity contribution in [2.75, 3.05) is 53.8 Å². The van der Waals surface area contributed by atoms with Gasteiger partial charge in [-0.3, -0.25) is 9.69 Å². The van der Waals surface area contributed by atoms with Crippen molar-refractivity contribution in [3.8, 4) is 0 Å². The third kappa shape index (κ3) is 3.50. The number of piperidine rings is 1. The average Bonchev–Trinajstić information content (AvgIpc) is 3.58. The molecule has 8 nitrogen and oxygen atoms in total. The lowest BCUT2D eigenvalue weighted by molar-refractivity contribution is -0.149. The predicted octanol–water partition coefficient (Wildman–Crippen LogP) is 1.48. The fourth-order valence-corrected chi connectivity index (χ4v) is 6.89. The molecular weight excluding hydrogens is 424 g/mol. The second-order valence-electron chi connectivity index (χ2n) is 10.2. The molecule has 3 heterocycles. The number of morpholine rings is 1. The fraction of sp³-hybridized carbons (Fsp3) is 0.720. The molecule has 8 heteroatoms. The lowest BCUT2D eigenvalue weighted by Gasteiger charge is -2.58. The standard InChI is InChI=1S/C25H34N2O6/c1-26-8-7-24-14-18(32-21(15-28)27-9-11-30-12-10-27)3-4-19(24)20(26)13-17-5-6-25(31-16-29-2)23(33-25)22(17)24/h3-6,15,18-21,23H,7-14,16H2,1-2H3/t18?,19-,20+,21?,23?,24-,25?/m0/s1. The zero-order valence-corrected chi connectivity index (χ0v) is 19.5. The number of likely N-dealkylation sites (tertiary alicyclic amines) is 1. The first-order valence-corrected chi connectivity index (χ1v) is 12.1. The molecule has 0 radical (unpaired) electrons. The van der Waals surface area contributed by atoms with Gasteiger partial charge in [-0.1, -0.05) is 18.2 Å². The van der Waals surface area contributed by atoms with Gasteiger partial charge in [-0.05, 0) is 50.1 Å². The summed E-state index contributed by atoms with van der Waals surface area (Å²) in [6.07, 6.45) is 12.0. The zero-order valence-electron chi connectivity index (χ0n) is 19.5. The molecule has 0 aromatic carbocycles. The number of aldehydes is 1. The van der Waals surface area contributed by atoms with E-state index in [0.29, 0.717) is 25.2 Å². The number of carbonyl (C=O) groups is 1. The van der Waals surface area contributed by atoms with E-state index in [9.17, 15) is 4.79 Å². The van der Waals surface area contributed by atoms with Crippen LogP contribution in [0.4, 0.5) is 0 Å². The number of carbonyl (C=O) groups excluding carboxylic acids is 1. The van der Waals surface area contributed by atoms with Crippen molar-refractivity contribution in [3.63, 3.8) is 0 Å². The molecule has 3 fully saturated rings. The molecule has 3 saturated heterocycles. The second-order valence-corrected chi connectivity index (χ2v) is 10.2. The summed E-state index contributed by atoms with van der Waals surface area (Å²) in [4.78, 5) is 16.5. The number of methoxy groups -OCH3 is 1. The van der Waals surface area contributed by atoms with Crippen LogP contribution in [0.25, 0.3) is 0 Å². The van der Waals surface area contributed by atoms with Gasteiger partial charge < -0.3 is 28.6 Å². The third-order valence-corrected chi connectivity index (χ3v) is 8.57. The van der Waals surface area contributed by atoms with E-state index in [-0.39, 0.29) is 24.4 Å². The molecule has 0 saturated carbocycles. The quantitative estimate of drug-likeness (QED) is 0.246. The topological polar surface area (TPSA) is 73.0 Å². The minimum absolute atomic E-state index is 0.0454. The van der Waals surface area contributed by atoms with E-state index in [0.717, 1.165) is 45.2 Å². The third-order valence-electron chi connectivity index (χ3n) is 8.57. The molecule has 6 aliphatic rings. The summed E-state index contributed by atoms with van der Waals surface area (Å²) in [6, 6.07) is 0.464. The summed E-state index contributed by atoms with van der Waals surface area (Å²) >= 11 is 0. The van der Waals surface area contributed by atoms with Gasteiger partial charge in [-0.2, -0.15) is 0 Å². The minimum atomic E-state index is -0.693. The lowest BCUT2D eigenvalue weighted by atomic mass is 9.52. The molecule has 4 unspecified atom stereocenters. The van der Waals surface area contributed by atoms with Gasteiger partial charge in [0.15, 0.2) is 12.5 Å². The molecule has 2 bridgehead atoms. The molecule has 0 N–H and O–H groups in total. The Morgan fingerprint density at radius 2 is 2.12 bits per heavy atom. The number of epoxide rings is 1. The molecule has 0 aromatic heterocycles. The SMILES string of the molecule is COCOC12C=CC3=C(C1O2)[C@]12CCN(C)[C@H](C3)[C@@H]1C=CC(OC(C=O)N1CCOCC1)C2. The van der Waals surface area contributed by atoms with Crippen LogP contribution in [0.3, 0.4) is 0 Å². The molecule has 6 rings (SSSR count). The normalized spacial score (nSPS) is 43.0. The Kier molecular flexibility index (Phi) is 5.61. The Morgan fingerprint density at radius 1 is 1.27 bits per heavy atom. The molecule has 33 heavy (non-hydrogen) atoms. The van der Waals surface area contributed by atoms with E-state index >= 15 is 0 Å². The Hall–Kier alpha value is -1.39. The Bertz CT molecular complexity index is 882. The first-order valence-electron chi connectivity index (χ1n) is 12.1. The highest BCUT2D eigenvalue weighted by molar-refractivity contribution is 5.55. The molecule has 3 aliphatic carbocycles. The highest BCUT2D eigenvalue weighted by atomic mass is 16.8. The first kappa shape index (κ1) is 22.1. The van der Waals surface area contributed by atoms with Gasteiger partial charge in [0.1, 0.15) is 12.9 Å². The Morgan fingerprint density at radius 3 is 2.91 bits per heavy atom. The maximum atomic E-state index is 11.9. The molecule has 3 aliphatic heterocycles. The Labute approximate surface area is 195 Å². The summed E-state index contributed by atoms with van der Waals surface area (Å²) < 4.78 is 29.3. The van der Waals surface area contributed by atoms with Crippen LogP contribution in [0, 0.1) is 11.3 Å². The molecule has 0 amide bonds. The fourth-order valence-electron chi connectivity index (χ4n) is 6.89. The molecule has 7 atom stereocenters. The number of hydrogen-bond donors (Lipinski definition) is 0. The van der Waals surface area contributed by atoms with Gasteiger partial charge >= 0.3 is 0 Å². The number of ether oxygens (including phenoxy) is 5. The van der Waals surface area contributed by atoms with Crippen molar-refractivity contribution in [1.29, 1.82) is 0 Å². The van der Waals surface area contributed by atoms with Gasteiger partial charge in [-0.25, -0.2) is 0 Å². The van der Waals surface area contributed by atoms with Crippen molar-refractivity contribution in [1.82, 2.24) is 9.80 Å². The number of rotatable bonds is 7. The minimum Gasteiger partial charge on any atom is -0.379 e. The van der Waals surface area contributed by atoms with Crippen molar-refractivity contribution in [3.05, 3.63) is 35.5 Å². The van der Waals surface area contributed by atoms with Gasteiger partial charge in [0.05, 0.1) is 19.3 Å². The summed E-state index contributed by atoms with van der Waals surface area (Å²) in [6.45, 7) is 3.96. The molecular formula is C25H34N2O6. The van der Waals surface area contributed by atoms with Crippen LogP contribution in [0.5, 0.6) is 0 Å². The van der Waals surface area contributed by atoms with E-state index in [2.05, 4.69) is 41.2 Å². The predicted molar refractivity (Wildman–Crippen MR) is 119 cm³/mol. The highest BCUT2D eigenvalue weighted by Crippen LogP contribution is 2.64.